The molecule has 0 aliphatic carbocycles. The zero-order valence-electron chi connectivity index (χ0n) is 11.7. The third-order valence-electron chi connectivity index (χ3n) is 3.02. The molecular weight excluding hydrogens is 286 g/mol. The molecule has 1 unspecified atom stereocenters. The summed E-state index contributed by atoms with van der Waals surface area (Å²) in [7, 11) is 0.320. The summed E-state index contributed by atoms with van der Waals surface area (Å²) in [4.78, 5) is 10.9. The maximum atomic E-state index is 11.9. The summed E-state index contributed by atoms with van der Waals surface area (Å²) in [5.41, 5.74) is 7.97. The Morgan fingerprint density at radius 1 is 1.19 bits per heavy atom. The molecule has 0 aromatic heterocycles. The summed E-state index contributed by atoms with van der Waals surface area (Å²) < 4.78 is 17.1. The van der Waals surface area contributed by atoms with Crippen molar-refractivity contribution in [1.29, 1.82) is 0 Å². The number of rotatable bonds is 6. The van der Waals surface area contributed by atoms with E-state index in [1.165, 1.54) is 0 Å². The van der Waals surface area contributed by atoms with E-state index in [1.807, 2.05) is 48.5 Å². The second kappa shape index (κ2) is 7.04. The molecule has 1 atom stereocenters. The molecule has 2 N–H and O–H groups in total. The van der Waals surface area contributed by atoms with Gasteiger partial charge in [-0.25, -0.2) is 0 Å². The molecule has 0 bridgehead atoms. The normalized spacial score (nSPS) is 11.9. The van der Waals surface area contributed by atoms with Gasteiger partial charge in [0.1, 0.15) is 11.5 Å². The summed E-state index contributed by atoms with van der Waals surface area (Å²) in [5.74, 6) is 0.399. The van der Waals surface area contributed by atoms with Crippen LogP contribution in [0.5, 0.6) is 5.75 Å². The molecule has 2 aromatic carbocycles. The third kappa shape index (κ3) is 4.16. The fourth-order valence-electron chi connectivity index (χ4n) is 2.10. The molecule has 21 heavy (non-hydrogen) atoms. The minimum absolute atomic E-state index is 0.119. The lowest BCUT2D eigenvalue weighted by molar-refractivity contribution is -0.115. The van der Waals surface area contributed by atoms with Crippen molar-refractivity contribution < 1.29 is 13.7 Å². The van der Waals surface area contributed by atoms with E-state index in [0.29, 0.717) is 5.75 Å². The van der Waals surface area contributed by atoms with Crippen LogP contribution in [0.4, 0.5) is 0 Å². The van der Waals surface area contributed by atoms with Gasteiger partial charge in [-0.3, -0.25) is 9.00 Å². The smallest absolute Gasteiger partial charge is 0.230 e. The van der Waals surface area contributed by atoms with Crippen LogP contribution in [-0.2, 0) is 21.3 Å². The molecular formula is C16H17NO3S. The molecule has 0 saturated carbocycles. The van der Waals surface area contributed by atoms with Gasteiger partial charge >= 0.3 is 0 Å². The predicted octanol–water partition coefficient (Wildman–Crippen LogP) is 2.10. The number of primary amides is 1. The van der Waals surface area contributed by atoms with Crippen LogP contribution < -0.4 is 10.5 Å². The first kappa shape index (κ1) is 15.3. The number of carbonyl (C=O) groups excluding carboxylic acids is 1. The highest BCUT2D eigenvalue weighted by molar-refractivity contribution is 7.84. The van der Waals surface area contributed by atoms with Crippen LogP contribution in [0.25, 0.3) is 11.1 Å². The van der Waals surface area contributed by atoms with E-state index < -0.39 is 16.7 Å². The molecule has 0 heterocycles. The van der Waals surface area contributed by atoms with E-state index >= 15 is 0 Å². The standard InChI is InChI=1S/C16H17NO3S/c1-20-14-7-4-6-12(9-14)15-8-3-2-5-13(15)10-21(19)11-16(17)18/h2-9H,10-11H2,1H3,(H2,17,18). The zero-order chi connectivity index (χ0) is 15.2. The monoisotopic (exact) mass is 303 g/mol. The Labute approximate surface area is 126 Å². The van der Waals surface area contributed by atoms with E-state index in [2.05, 4.69) is 0 Å². The highest BCUT2D eigenvalue weighted by Crippen LogP contribution is 2.27. The molecule has 0 radical (unpaired) electrons. The lowest BCUT2D eigenvalue weighted by atomic mass is 10.0. The number of hydrogen-bond acceptors (Lipinski definition) is 3. The van der Waals surface area contributed by atoms with Gasteiger partial charge in [-0.05, 0) is 28.8 Å². The van der Waals surface area contributed by atoms with Gasteiger partial charge in [-0.15, -0.1) is 0 Å². The van der Waals surface area contributed by atoms with Crippen molar-refractivity contribution in [1.82, 2.24) is 0 Å². The zero-order valence-corrected chi connectivity index (χ0v) is 12.6. The van der Waals surface area contributed by atoms with Crippen LogP contribution in [-0.4, -0.2) is 23.0 Å². The largest absolute Gasteiger partial charge is 0.497 e. The quantitative estimate of drug-likeness (QED) is 0.888. The number of methoxy groups -OCH3 is 1. The molecule has 2 rings (SSSR count). The van der Waals surface area contributed by atoms with Crippen molar-refractivity contribution in [2.24, 2.45) is 5.73 Å². The molecule has 4 nitrogen and oxygen atoms in total. The SMILES string of the molecule is COc1cccc(-c2ccccc2CS(=O)CC(N)=O)c1. The lowest BCUT2D eigenvalue weighted by Gasteiger charge is -2.10. The highest BCUT2D eigenvalue weighted by atomic mass is 32.2. The third-order valence-corrected chi connectivity index (χ3v) is 4.26. The van der Waals surface area contributed by atoms with Crippen LogP contribution in [0.3, 0.4) is 0 Å². The second-order valence-corrected chi connectivity index (χ2v) is 6.04. The summed E-state index contributed by atoms with van der Waals surface area (Å²) in [6.07, 6.45) is 0. The van der Waals surface area contributed by atoms with Gasteiger partial charge in [0.05, 0.1) is 7.11 Å². The number of benzene rings is 2. The second-order valence-electron chi connectivity index (χ2n) is 4.58. The summed E-state index contributed by atoms with van der Waals surface area (Å²) in [6.45, 7) is 0. The summed E-state index contributed by atoms with van der Waals surface area (Å²) in [5, 5.41) is 0. The molecule has 110 valence electrons. The van der Waals surface area contributed by atoms with Crippen molar-refractivity contribution in [2.45, 2.75) is 5.75 Å². The average Bonchev–Trinajstić information content (AvgIpc) is 2.47. The van der Waals surface area contributed by atoms with Crippen LogP contribution in [0, 0.1) is 0 Å². The van der Waals surface area contributed by atoms with Gasteiger partial charge in [0, 0.05) is 16.6 Å². The van der Waals surface area contributed by atoms with Crippen molar-refractivity contribution in [3.8, 4) is 16.9 Å². The number of carbonyl (C=O) groups is 1. The molecule has 2 aromatic rings. The van der Waals surface area contributed by atoms with Crippen LogP contribution in [0.2, 0.25) is 0 Å². The Kier molecular flexibility index (Phi) is 5.11. The van der Waals surface area contributed by atoms with Crippen LogP contribution >= 0.6 is 0 Å². The van der Waals surface area contributed by atoms with Crippen LogP contribution in [0.15, 0.2) is 48.5 Å². The maximum absolute atomic E-state index is 11.9. The molecule has 0 aliphatic heterocycles. The molecule has 5 heteroatoms. The minimum Gasteiger partial charge on any atom is -0.497 e. The topological polar surface area (TPSA) is 69.4 Å². The van der Waals surface area contributed by atoms with Crippen molar-refractivity contribution >= 4 is 16.7 Å². The van der Waals surface area contributed by atoms with Gasteiger partial charge in [0.25, 0.3) is 0 Å². The fourth-order valence-corrected chi connectivity index (χ4v) is 3.12. The summed E-state index contributed by atoms with van der Waals surface area (Å²) >= 11 is 0. The minimum atomic E-state index is -1.30. The molecule has 0 saturated heterocycles. The molecule has 0 aliphatic rings. The van der Waals surface area contributed by atoms with E-state index in [9.17, 15) is 9.00 Å². The first-order chi connectivity index (χ1) is 10.1. The maximum Gasteiger partial charge on any atom is 0.230 e. The summed E-state index contributed by atoms with van der Waals surface area (Å²) in [6, 6.07) is 15.4. The van der Waals surface area contributed by atoms with Gasteiger partial charge in [-0.2, -0.15) is 0 Å². The van der Waals surface area contributed by atoms with Crippen molar-refractivity contribution in [3.63, 3.8) is 0 Å². The number of amides is 1. The molecule has 0 fully saturated rings. The fraction of sp³-hybridized carbons (Fsp3) is 0.188. The van der Waals surface area contributed by atoms with E-state index in [0.717, 1.165) is 22.4 Å². The molecule has 1 amide bonds. The number of nitrogens with two attached hydrogens (primary N) is 1. The van der Waals surface area contributed by atoms with Gasteiger partial charge in [0.15, 0.2) is 0 Å². The lowest BCUT2D eigenvalue weighted by Crippen LogP contribution is -2.20. The first-order valence-electron chi connectivity index (χ1n) is 6.46. The van der Waals surface area contributed by atoms with Crippen molar-refractivity contribution in [3.05, 3.63) is 54.1 Å². The average molecular weight is 303 g/mol. The number of hydrogen-bond donors (Lipinski definition) is 1. The van der Waals surface area contributed by atoms with Gasteiger partial charge < -0.3 is 10.5 Å². The van der Waals surface area contributed by atoms with E-state index in [-0.39, 0.29) is 5.75 Å². The highest BCUT2D eigenvalue weighted by Gasteiger charge is 2.10. The molecule has 0 spiro atoms. The Morgan fingerprint density at radius 3 is 2.67 bits per heavy atom. The van der Waals surface area contributed by atoms with Gasteiger partial charge in [0.2, 0.25) is 5.91 Å². The van der Waals surface area contributed by atoms with Crippen LogP contribution in [0.1, 0.15) is 5.56 Å². The van der Waals surface area contributed by atoms with Crippen molar-refractivity contribution in [2.75, 3.05) is 12.9 Å². The first-order valence-corrected chi connectivity index (χ1v) is 7.94. The predicted molar refractivity (Wildman–Crippen MR) is 84.3 cm³/mol. The van der Waals surface area contributed by atoms with E-state index in [4.69, 9.17) is 10.5 Å². The Morgan fingerprint density at radius 2 is 1.95 bits per heavy atom. The van der Waals surface area contributed by atoms with Gasteiger partial charge in [-0.1, -0.05) is 36.4 Å². The Bertz CT molecular complexity index is 670. The Hall–Kier alpha value is -2.14. The van der Waals surface area contributed by atoms with E-state index in [1.54, 1.807) is 7.11 Å². The number of ether oxygens (including phenoxy) is 1. The Balaban J connectivity index is 2.32.